The third-order valence-electron chi connectivity index (χ3n) is 7.56. The summed E-state index contributed by atoms with van der Waals surface area (Å²) in [6.45, 7) is 0.239. The van der Waals surface area contributed by atoms with E-state index in [2.05, 4.69) is 4.98 Å². The monoisotopic (exact) mass is 528 g/mol. The van der Waals surface area contributed by atoms with Crippen molar-refractivity contribution >= 4 is 0 Å². The largest absolute Gasteiger partial charge is 0.497 e. The maximum absolute atomic E-state index is 12.4. The fraction of sp³-hybridized carbons (Fsp3) is 0.290. The molecule has 2 N–H and O–H groups in total. The summed E-state index contributed by atoms with van der Waals surface area (Å²) in [5.74, 6) is 1.24. The molecule has 1 aromatic heterocycles. The Hall–Kier alpha value is -4.14. The van der Waals surface area contributed by atoms with Crippen molar-refractivity contribution < 1.29 is 19.3 Å². The van der Waals surface area contributed by atoms with E-state index < -0.39 is 23.0 Å². The Morgan fingerprint density at radius 1 is 0.821 bits per heavy atom. The molecule has 0 spiro atoms. The van der Waals surface area contributed by atoms with Crippen LogP contribution in [0.1, 0.15) is 35.6 Å². The van der Waals surface area contributed by atoms with Crippen LogP contribution in [0.2, 0.25) is 0 Å². The molecule has 1 aliphatic carbocycles. The van der Waals surface area contributed by atoms with Gasteiger partial charge in [-0.15, -0.1) is 0 Å². The summed E-state index contributed by atoms with van der Waals surface area (Å²) >= 11 is 0. The molecule has 0 amide bonds. The van der Waals surface area contributed by atoms with Crippen molar-refractivity contribution in [2.75, 3.05) is 20.8 Å². The summed E-state index contributed by atoms with van der Waals surface area (Å²) < 4.78 is 19.2. The molecular formula is C31H32N2O6. The molecule has 1 saturated carbocycles. The van der Waals surface area contributed by atoms with E-state index in [1.165, 1.54) is 16.8 Å². The van der Waals surface area contributed by atoms with E-state index in [0.29, 0.717) is 12.8 Å². The minimum absolute atomic E-state index is 0.228. The number of benzene rings is 3. The van der Waals surface area contributed by atoms with Crippen LogP contribution in [0, 0.1) is 5.92 Å². The van der Waals surface area contributed by atoms with Crippen LogP contribution in [0.3, 0.4) is 0 Å². The van der Waals surface area contributed by atoms with Crippen LogP contribution in [0.4, 0.5) is 0 Å². The normalized spacial score (nSPS) is 19.1. The molecule has 0 bridgehead atoms. The molecule has 1 aliphatic rings. The van der Waals surface area contributed by atoms with E-state index >= 15 is 0 Å². The van der Waals surface area contributed by atoms with E-state index in [4.69, 9.17) is 14.2 Å². The zero-order valence-corrected chi connectivity index (χ0v) is 21.9. The second-order valence-electron chi connectivity index (χ2n) is 9.79. The minimum Gasteiger partial charge on any atom is -0.497 e. The lowest BCUT2D eigenvalue weighted by Gasteiger charge is -2.37. The van der Waals surface area contributed by atoms with E-state index in [-0.39, 0.29) is 18.6 Å². The van der Waals surface area contributed by atoms with Gasteiger partial charge in [-0.3, -0.25) is 14.3 Å². The van der Waals surface area contributed by atoms with Crippen LogP contribution in [-0.2, 0) is 10.3 Å². The lowest BCUT2D eigenvalue weighted by Crippen LogP contribution is -2.36. The fourth-order valence-corrected chi connectivity index (χ4v) is 5.50. The third kappa shape index (κ3) is 5.26. The average Bonchev–Trinajstić information content (AvgIpc) is 3.34. The Balaban J connectivity index is 1.54. The van der Waals surface area contributed by atoms with Crippen molar-refractivity contribution in [2.24, 2.45) is 5.92 Å². The molecule has 8 nitrogen and oxygen atoms in total. The first-order valence-corrected chi connectivity index (χ1v) is 12.9. The van der Waals surface area contributed by atoms with E-state index in [9.17, 15) is 14.7 Å². The summed E-state index contributed by atoms with van der Waals surface area (Å²) in [6, 6.07) is 26.6. The Bertz CT molecular complexity index is 1450. The van der Waals surface area contributed by atoms with Crippen molar-refractivity contribution in [1.82, 2.24) is 9.55 Å². The van der Waals surface area contributed by atoms with Gasteiger partial charge in [0.15, 0.2) is 0 Å². The standard InChI is InChI=1S/C31H32N2O6/c1-37-26-12-8-23(9-13-26)31(22-6-4-3-5-7-22,24-10-14-27(38-2)15-11-24)39-20-21-18-25(19-28(21)34)33-17-16-29(35)32-30(33)36/h3-17,21,25,28,34H,18-20H2,1-2H3,(H,32,35,36)/t21-,25-,28+/m1/s1. The molecule has 4 aromatic rings. The molecule has 0 unspecified atom stereocenters. The number of nitrogens with one attached hydrogen (secondary N) is 1. The Kier molecular flexibility index (Phi) is 7.67. The number of aromatic nitrogens is 2. The minimum atomic E-state index is -0.994. The number of hydrogen-bond acceptors (Lipinski definition) is 6. The quantitative estimate of drug-likeness (QED) is 0.320. The predicted octanol–water partition coefficient (Wildman–Crippen LogP) is 3.87. The average molecular weight is 529 g/mol. The molecule has 0 radical (unpaired) electrons. The molecule has 1 heterocycles. The number of aliphatic hydroxyl groups excluding tert-OH is 1. The van der Waals surface area contributed by atoms with Crippen LogP contribution in [0.25, 0.3) is 0 Å². The van der Waals surface area contributed by atoms with Crippen molar-refractivity contribution in [2.45, 2.75) is 30.6 Å². The number of aromatic amines is 1. The molecule has 8 heteroatoms. The Labute approximate surface area is 226 Å². The van der Waals surface area contributed by atoms with E-state index in [1.54, 1.807) is 14.2 Å². The summed E-state index contributed by atoms with van der Waals surface area (Å²) in [4.78, 5) is 26.2. The highest BCUT2D eigenvalue weighted by Crippen LogP contribution is 2.43. The van der Waals surface area contributed by atoms with Gasteiger partial charge in [0, 0.05) is 24.2 Å². The zero-order chi connectivity index (χ0) is 27.4. The molecule has 202 valence electrons. The molecule has 0 saturated heterocycles. The lowest BCUT2D eigenvalue weighted by molar-refractivity contribution is -0.0296. The highest BCUT2D eigenvalue weighted by Gasteiger charge is 2.41. The van der Waals surface area contributed by atoms with Crippen LogP contribution in [-0.4, -0.2) is 41.6 Å². The summed E-state index contributed by atoms with van der Waals surface area (Å²) in [5.41, 5.74) is 0.826. The number of rotatable bonds is 9. The van der Waals surface area contributed by atoms with Crippen molar-refractivity contribution in [1.29, 1.82) is 0 Å². The van der Waals surface area contributed by atoms with Gasteiger partial charge in [0.05, 0.1) is 26.9 Å². The molecule has 0 aliphatic heterocycles. The Morgan fingerprint density at radius 3 is 1.92 bits per heavy atom. The number of methoxy groups -OCH3 is 2. The van der Waals surface area contributed by atoms with Crippen LogP contribution in [0.15, 0.2) is 101 Å². The first kappa shape index (κ1) is 26.5. The number of aliphatic hydroxyl groups is 1. The van der Waals surface area contributed by atoms with Gasteiger partial charge in [0.25, 0.3) is 5.56 Å². The smallest absolute Gasteiger partial charge is 0.328 e. The van der Waals surface area contributed by atoms with Gasteiger partial charge in [0.2, 0.25) is 0 Å². The van der Waals surface area contributed by atoms with Crippen LogP contribution in [0.5, 0.6) is 11.5 Å². The number of ether oxygens (including phenoxy) is 3. The maximum Gasteiger partial charge on any atom is 0.328 e. The molecular weight excluding hydrogens is 496 g/mol. The van der Waals surface area contributed by atoms with E-state index in [0.717, 1.165) is 28.2 Å². The van der Waals surface area contributed by atoms with Gasteiger partial charge in [-0.25, -0.2) is 4.79 Å². The molecule has 3 atom stereocenters. The summed E-state index contributed by atoms with van der Waals surface area (Å²) in [6.07, 6.45) is 1.74. The highest BCUT2D eigenvalue weighted by atomic mass is 16.5. The topological polar surface area (TPSA) is 103 Å². The first-order valence-electron chi connectivity index (χ1n) is 12.9. The van der Waals surface area contributed by atoms with Crippen molar-refractivity contribution in [3.05, 3.63) is 129 Å². The Morgan fingerprint density at radius 2 is 1.38 bits per heavy atom. The second kappa shape index (κ2) is 11.3. The van der Waals surface area contributed by atoms with Gasteiger partial charge in [-0.05, 0) is 53.8 Å². The van der Waals surface area contributed by atoms with E-state index in [1.807, 2.05) is 78.9 Å². The molecule has 3 aromatic carbocycles. The van der Waals surface area contributed by atoms with Gasteiger partial charge in [0.1, 0.15) is 17.1 Å². The SMILES string of the molecule is COc1ccc(C(OC[C@H]2C[C@@H](n3ccc(=O)[nH]c3=O)C[C@@H]2O)(c2ccccc2)c2ccc(OC)cc2)cc1. The first-order chi connectivity index (χ1) is 18.9. The summed E-state index contributed by atoms with van der Waals surface area (Å²) in [5, 5.41) is 11.0. The third-order valence-corrected chi connectivity index (χ3v) is 7.56. The molecule has 5 rings (SSSR count). The highest BCUT2D eigenvalue weighted by molar-refractivity contribution is 5.49. The van der Waals surface area contributed by atoms with Crippen LogP contribution >= 0.6 is 0 Å². The van der Waals surface area contributed by atoms with Gasteiger partial charge in [-0.2, -0.15) is 0 Å². The summed E-state index contributed by atoms with van der Waals surface area (Å²) in [7, 11) is 3.26. The maximum atomic E-state index is 12.4. The van der Waals surface area contributed by atoms with Crippen molar-refractivity contribution in [3.63, 3.8) is 0 Å². The zero-order valence-electron chi connectivity index (χ0n) is 21.9. The van der Waals surface area contributed by atoms with Gasteiger partial charge < -0.3 is 19.3 Å². The molecule has 1 fully saturated rings. The predicted molar refractivity (Wildman–Crippen MR) is 147 cm³/mol. The molecule has 39 heavy (non-hydrogen) atoms. The number of nitrogens with zero attached hydrogens (tertiary/aromatic N) is 1. The van der Waals surface area contributed by atoms with Gasteiger partial charge in [-0.1, -0.05) is 54.6 Å². The van der Waals surface area contributed by atoms with Crippen LogP contribution < -0.4 is 20.7 Å². The second-order valence-corrected chi connectivity index (χ2v) is 9.79. The van der Waals surface area contributed by atoms with Crippen molar-refractivity contribution in [3.8, 4) is 11.5 Å². The number of hydrogen-bond donors (Lipinski definition) is 2. The fourth-order valence-electron chi connectivity index (χ4n) is 5.50. The lowest BCUT2D eigenvalue weighted by atomic mass is 9.80. The van der Waals surface area contributed by atoms with Gasteiger partial charge >= 0.3 is 5.69 Å². The number of H-pyrrole nitrogens is 1.